The van der Waals surface area contributed by atoms with Crippen molar-refractivity contribution in [1.29, 1.82) is 0 Å². The van der Waals surface area contributed by atoms with Crippen LogP contribution in [-0.2, 0) is 0 Å². The van der Waals surface area contributed by atoms with Gasteiger partial charge in [-0.15, -0.1) is 0 Å². The Morgan fingerprint density at radius 2 is 2.06 bits per heavy atom. The van der Waals surface area contributed by atoms with Gasteiger partial charge < -0.3 is 10.1 Å². The molecule has 1 aromatic rings. The molecule has 0 atom stereocenters. The third-order valence-electron chi connectivity index (χ3n) is 3.18. The highest BCUT2D eigenvalue weighted by molar-refractivity contribution is 9.10. The number of nitrogens with one attached hydrogen (secondary N) is 1. The van der Waals surface area contributed by atoms with Gasteiger partial charge in [0.15, 0.2) is 0 Å². The smallest absolute Gasteiger partial charge is 0.233 e. The maximum absolute atomic E-state index is 5.94. The summed E-state index contributed by atoms with van der Waals surface area (Å²) in [5.41, 5.74) is 0. The zero-order valence-corrected chi connectivity index (χ0v) is 11.8. The van der Waals surface area contributed by atoms with Crippen molar-refractivity contribution in [3.05, 3.63) is 10.7 Å². The van der Waals surface area contributed by atoms with Gasteiger partial charge in [-0.05, 0) is 47.5 Å². The molecule has 1 saturated carbocycles. The molecule has 17 heavy (non-hydrogen) atoms. The van der Waals surface area contributed by atoms with Gasteiger partial charge in [0.1, 0.15) is 6.10 Å². The Morgan fingerprint density at radius 3 is 2.71 bits per heavy atom. The first-order valence-electron chi connectivity index (χ1n) is 6.06. The van der Waals surface area contributed by atoms with E-state index in [1.54, 1.807) is 13.2 Å². The second-order valence-corrected chi connectivity index (χ2v) is 5.45. The Kier molecular flexibility index (Phi) is 4.20. The molecule has 0 saturated heterocycles. The minimum Gasteiger partial charge on any atom is -0.473 e. The topological polar surface area (TPSA) is 47.0 Å². The number of nitrogens with zero attached hydrogens (tertiary/aromatic N) is 2. The summed E-state index contributed by atoms with van der Waals surface area (Å²) in [5, 5.41) is 2.92. The van der Waals surface area contributed by atoms with Crippen LogP contribution in [0.3, 0.4) is 0 Å². The summed E-state index contributed by atoms with van der Waals surface area (Å²) in [6.07, 6.45) is 6.74. The number of hydrogen-bond donors (Lipinski definition) is 1. The zero-order valence-electron chi connectivity index (χ0n) is 10.2. The Balaban J connectivity index is 2.02. The fraction of sp³-hybridized carbons (Fsp3) is 0.667. The van der Waals surface area contributed by atoms with Gasteiger partial charge in [-0.1, -0.05) is 6.92 Å². The zero-order chi connectivity index (χ0) is 12.3. The SMILES string of the molecule is CNc1ncc(Br)c(OC2CCC(C)CC2)n1. The molecular weight excluding hydrogens is 282 g/mol. The molecule has 0 bridgehead atoms. The molecule has 0 radical (unpaired) electrons. The second kappa shape index (κ2) is 5.67. The van der Waals surface area contributed by atoms with E-state index in [1.807, 2.05) is 0 Å². The molecule has 0 aromatic carbocycles. The molecule has 5 heteroatoms. The largest absolute Gasteiger partial charge is 0.473 e. The van der Waals surface area contributed by atoms with Crippen molar-refractivity contribution >= 4 is 21.9 Å². The van der Waals surface area contributed by atoms with E-state index in [0.29, 0.717) is 17.9 Å². The maximum atomic E-state index is 5.94. The molecule has 94 valence electrons. The van der Waals surface area contributed by atoms with Crippen LogP contribution in [-0.4, -0.2) is 23.1 Å². The van der Waals surface area contributed by atoms with E-state index in [2.05, 4.69) is 38.1 Å². The van der Waals surface area contributed by atoms with Crippen molar-refractivity contribution in [1.82, 2.24) is 9.97 Å². The van der Waals surface area contributed by atoms with Crippen LogP contribution < -0.4 is 10.1 Å². The van der Waals surface area contributed by atoms with E-state index < -0.39 is 0 Å². The lowest BCUT2D eigenvalue weighted by atomic mass is 9.89. The molecule has 0 spiro atoms. The van der Waals surface area contributed by atoms with Gasteiger partial charge in [0, 0.05) is 7.05 Å². The van der Waals surface area contributed by atoms with Gasteiger partial charge in [-0.25, -0.2) is 4.98 Å². The predicted octanol–water partition coefficient (Wildman–Crippen LogP) is 3.24. The number of aromatic nitrogens is 2. The number of ether oxygens (including phenoxy) is 1. The molecule has 1 N–H and O–H groups in total. The molecule has 0 amide bonds. The third-order valence-corrected chi connectivity index (χ3v) is 3.72. The summed E-state index contributed by atoms with van der Waals surface area (Å²) in [7, 11) is 1.80. The summed E-state index contributed by atoms with van der Waals surface area (Å²) in [5.74, 6) is 2.06. The standard InChI is InChI=1S/C12H18BrN3O/c1-8-3-5-9(6-4-8)17-11-10(13)7-15-12(14-2)16-11/h7-9H,3-6H2,1-2H3,(H,14,15,16). The fourth-order valence-electron chi connectivity index (χ4n) is 2.06. The Bertz CT molecular complexity index is 378. The normalized spacial score (nSPS) is 24.4. The van der Waals surface area contributed by atoms with Crippen LogP contribution in [0.1, 0.15) is 32.6 Å². The number of hydrogen-bond acceptors (Lipinski definition) is 4. The van der Waals surface area contributed by atoms with Crippen LogP contribution >= 0.6 is 15.9 Å². The minimum absolute atomic E-state index is 0.294. The Hall–Kier alpha value is -0.840. The monoisotopic (exact) mass is 299 g/mol. The quantitative estimate of drug-likeness (QED) is 0.931. The number of halogens is 1. The molecule has 1 heterocycles. The first-order chi connectivity index (χ1) is 8.19. The highest BCUT2D eigenvalue weighted by Crippen LogP contribution is 2.29. The average Bonchev–Trinajstić information content (AvgIpc) is 2.35. The molecule has 1 fully saturated rings. The highest BCUT2D eigenvalue weighted by Gasteiger charge is 2.21. The molecule has 0 unspecified atom stereocenters. The second-order valence-electron chi connectivity index (χ2n) is 4.60. The molecule has 1 aliphatic rings. The van der Waals surface area contributed by atoms with Gasteiger partial charge in [-0.3, -0.25) is 0 Å². The van der Waals surface area contributed by atoms with Gasteiger partial charge in [-0.2, -0.15) is 4.98 Å². The minimum atomic E-state index is 0.294. The molecule has 4 nitrogen and oxygen atoms in total. The summed E-state index contributed by atoms with van der Waals surface area (Å²) < 4.78 is 6.75. The van der Waals surface area contributed by atoms with Crippen molar-refractivity contribution < 1.29 is 4.74 Å². The predicted molar refractivity (Wildman–Crippen MR) is 71.3 cm³/mol. The number of anilines is 1. The van der Waals surface area contributed by atoms with Crippen molar-refractivity contribution in [3.63, 3.8) is 0 Å². The van der Waals surface area contributed by atoms with Crippen LogP contribution in [0.15, 0.2) is 10.7 Å². The van der Waals surface area contributed by atoms with Crippen molar-refractivity contribution in [2.45, 2.75) is 38.7 Å². The number of rotatable bonds is 3. The first kappa shape index (κ1) is 12.6. The van der Waals surface area contributed by atoms with E-state index in [4.69, 9.17) is 4.74 Å². The summed E-state index contributed by atoms with van der Waals surface area (Å²) in [6, 6.07) is 0. The Labute approximate surface area is 110 Å². The van der Waals surface area contributed by atoms with Crippen molar-refractivity contribution in [2.75, 3.05) is 12.4 Å². The summed E-state index contributed by atoms with van der Waals surface area (Å²) >= 11 is 3.42. The lowest BCUT2D eigenvalue weighted by Gasteiger charge is -2.26. The van der Waals surface area contributed by atoms with E-state index >= 15 is 0 Å². The van der Waals surface area contributed by atoms with E-state index in [0.717, 1.165) is 23.2 Å². The average molecular weight is 300 g/mol. The lowest BCUT2D eigenvalue weighted by molar-refractivity contribution is 0.129. The van der Waals surface area contributed by atoms with Crippen molar-refractivity contribution in [2.24, 2.45) is 5.92 Å². The first-order valence-corrected chi connectivity index (χ1v) is 6.85. The summed E-state index contributed by atoms with van der Waals surface area (Å²) in [6.45, 7) is 2.30. The molecule has 1 aromatic heterocycles. The fourth-order valence-corrected chi connectivity index (χ4v) is 2.34. The van der Waals surface area contributed by atoms with Gasteiger partial charge >= 0.3 is 0 Å². The maximum Gasteiger partial charge on any atom is 0.233 e. The van der Waals surface area contributed by atoms with E-state index in [-0.39, 0.29) is 0 Å². The molecular formula is C12H18BrN3O. The lowest BCUT2D eigenvalue weighted by Crippen LogP contribution is -2.23. The van der Waals surface area contributed by atoms with Gasteiger partial charge in [0.05, 0.1) is 10.7 Å². The van der Waals surface area contributed by atoms with E-state index in [9.17, 15) is 0 Å². The van der Waals surface area contributed by atoms with Crippen LogP contribution in [0, 0.1) is 5.92 Å². The molecule has 2 rings (SSSR count). The van der Waals surface area contributed by atoms with Crippen LogP contribution in [0.5, 0.6) is 5.88 Å². The molecule has 1 aliphatic carbocycles. The molecule has 0 aliphatic heterocycles. The van der Waals surface area contributed by atoms with E-state index in [1.165, 1.54) is 12.8 Å². The van der Waals surface area contributed by atoms with Crippen LogP contribution in [0.4, 0.5) is 5.95 Å². The highest BCUT2D eigenvalue weighted by atomic mass is 79.9. The van der Waals surface area contributed by atoms with Crippen molar-refractivity contribution in [3.8, 4) is 5.88 Å². The third kappa shape index (κ3) is 3.31. The van der Waals surface area contributed by atoms with Gasteiger partial charge in [0.2, 0.25) is 11.8 Å². The van der Waals surface area contributed by atoms with Crippen LogP contribution in [0.25, 0.3) is 0 Å². The van der Waals surface area contributed by atoms with Gasteiger partial charge in [0.25, 0.3) is 0 Å². The Morgan fingerprint density at radius 1 is 1.35 bits per heavy atom. The van der Waals surface area contributed by atoms with Crippen LogP contribution in [0.2, 0.25) is 0 Å². The summed E-state index contributed by atoms with van der Waals surface area (Å²) in [4.78, 5) is 8.43.